The summed E-state index contributed by atoms with van der Waals surface area (Å²) in [6.07, 6.45) is 0.00309. The maximum Gasteiger partial charge on any atom is 0.407 e. The van der Waals surface area contributed by atoms with Gasteiger partial charge in [0.25, 0.3) is 0 Å². The SMILES string of the molecule is [NH3+][C@H](CCCNC(=O)OCC(Cl)(Cl)Cl)C(=O)[O-]. The zero-order chi connectivity index (χ0) is 13.5. The number of hydrogen-bond acceptors (Lipinski definition) is 4. The van der Waals surface area contributed by atoms with Crippen LogP contribution in [0.25, 0.3) is 0 Å². The third-order valence-electron chi connectivity index (χ3n) is 1.70. The second kappa shape index (κ2) is 7.81. The molecular formula is C8H13Cl3N2O4. The number of carbonyl (C=O) groups is 2. The van der Waals surface area contributed by atoms with E-state index in [4.69, 9.17) is 34.8 Å². The third kappa shape index (κ3) is 10.4. The number of alkyl carbamates (subject to hydrolysis) is 1. The van der Waals surface area contributed by atoms with E-state index in [1.54, 1.807) is 0 Å². The summed E-state index contributed by atoms with van der Waals surface area (Å²) in [6.45, 7) is -0.113. The first kappa shape index (κ1) is 16.6. The summed E-state index contributed by atoms with van der Waals surface area (Å²) in [7, 11) is 0. The fourth-order valence-electron chi connectivity index (χ4n) is 0.855. The summed E-state index contributed by atoms with van der Waals surface area (Å²) < 4.78 is 2.92. The number of quaternary nitrogens is 1. The van der Waals surface area contributed by atoms with E-state index in [9.17, 15) is 14.7 Å². The Kier molecular flexibility index (Phi) is 7.61. The van der Waals surface area contributed by atoms with Gasteiger partial charge in [-0.05, 0) is 6.42 Å². The summed E-state index contributed by atoms with van der Waals surface area (Å²) in [6, 6.07) is -0.797. The first-order valence-electron chi connectivity index (χ1n) is 4.73. The largest absolute Gasteiger partial charge is 0.544 e. The monoisotopic (exact) mass is 306 g/mol. The van der Waals surface area contributed by atoms with Crippen molar-refractivity contribution >= 4 is 46.9 Å². The number of ether oxygens (including phenoxy) is 1. The number of rotatable bonds is 6. The average Bonchev–Trinajstić information content (AvgIpc) is 2.20. The van der Waals surface area contributed by atoms with Crippen molar-refractivity contribution in [3.8, 4) is 0 Å². The molecule has 0 spiro atoms. The minimum Gasteiger partial charge on any atom is -0.544 e. The average molecular weight is 308 g/mol. The molecule has 0 bridgehead atoms. The summed E-state index contributed by atoms with van der Waals surface area (Å²) >= 11 is 16.1. The van der Waals surface area contributed by atoms with Gasteiger partial charge in [0, 0.05) is 13.0 Å². The first-order valence-corrected chi connectivity index (χ1v) is 5.87. The fraction of sp³-hybridized carbons (Fsp3) is 0.750. The highest BCUT2D eigenvalue weighted by atomic mass is 35.6. The van der Waals surface area contributed by atoms with Crippen LogP contribution in [0.1, 0.15) is 12.8 Å². The highest BCUT2D eigenvalue weighted by Gasteiger charge is 2.21. The van der Waals surface area contributed by atoms with Gasteiger partial charge < -0.3 is 25.7 Å². The number of carbonyl (C=O) groups excluding carboxylic acids is 2. The molecule has 9 heteroatoms. The van der Waals surface area contributed by atoms with Gasteiger partial charge in [-0.2, -0.15) is 0 Å². The predicted octanol–water partition coefficient (Wildman–Crippen LogP) is -0.777. The number of carboxylic acid groups (broad SMARTS) is 1. The van der Waals surface area contributed by atoms with Crippen molar-refractivity contribution in [2.24, 2.45) is 0 Å². The maximum absolute atomic E-state index is 11.0. The fourth-order valence-corrected chi connectivity index (χ4v) is 1.02. The molecular weight excluding hydrogens is 294 g/mol. The van der Waals surface area contributed by atoms with E-state index in [0.29, 0.717) is 12.8 Å². The van der Waals surface area contributed by atoms with Gasteiger partial charge in [-0.3, -0.25) is 0 Å². The third-order valence-corrected chi connectivity index (χ3v) is 2.03. The van der Waals surface area contributed by atoms with Gasteiger partial charge in [0.2, 0.25) is 3.79 Å². The Morgan fingerprint density at radius 2 is 2.00 bits per heavy atom. The smallest absolute Gasteiger partial charge is 0.407 e. The van der Waals surface area contributed by atoms with E-state index in [1.807, 2.05) is 0 Å². The van der Waals surface area contributed by atoms with Crippen molar-refractivity contribution in [3.63, 3.8) is 0 Å². The Bertz CT molecular complexity index is 270. The standard InChI is InChI=1S/C8H13Cl3N2O4/c9-8(10,11)4-17-7(16)13-3-1-2-5(12)6(14)15/h5H,1-4,12H2,(H,13,16)(H,14,15)/t5-/m1/s1. The highest BCUT2D eigenvalue weighted by Crippen LogP contribution is 2.25. The van der Waals surface area contributed by atoms with Crippen LogP contribution in [-0.2, 0) is 9.53 Å². The van der Waals surface area contributed by atoms with Crippen LogP contribution in [-0.4, -0.2) is 35.0 Å². The molecule has 6 nitrogen and oxygen atoms in total. The van der Waals surface area contributed by atoms with Crippen LogP contribution >= 0.6 is 34.8 Å². The van der Waals surface area contributed by atoms with Gasteiger partial charge in [0.05, 0.1) is 5.97 Å². The molecule has 0 aliphatic carbocycles. The molecule has 1 amide bonds. The van der Waals surface area contributed by atoms with Gasteiger partial charge in [0.1, 0.15) is 12.6 Å². The molecule has 0 heterocycles. The highest BCUT2D eigenvalue weighted by molar-refractivity contribution is 6.67. The number of amides is 1. The Morgan fingerprint density at radius 3 is 2.47 bits per heavy atom. The quantitative estimate of drug-likeness (QED) is 0.496. The van der Waals surface area contributed by atoms with Crippen LogP contribution in [0.4, 0.5) is 4.79 Å². The maximum atomic E-state index is 11.0. The number of aliphatic carboxylic acids is 1. The van der Waals surface area contributed by atoms with Crippen LogP contribution in [0.2, 0.25) is 0 Å². The van der Waals surface area contributed by atoms with Crippen LogP contribution in [0.15, 0.2) is 0 Å². The predicted molar refractivity (Wildman–Crippen MR) is 60.6 cm³/mol. The number of alkyl halides is 3. The van der Waals surface area contributed by atoms with Gasteiger partial charge in [-0.25, -0.2) is 4.79 Å². The lowest BCUT2D eigenvalue weighted by atomic mass is 10.2. The molecule has 0 aliphatic heterocycles. The van der Waals surface area contributed by atoms with Crippen molar-refractivity contribution < 1.29 is 25.2 Å². The van der Waals surface area contributed by atoms with Crippen LogP contribution in [0.5, 0.6) is 0 Å². The number of carboxylic acids is 1. The van der Waals surface area contributed by atoms with Crippen molar-refractivity contribution in [1.29, 1.82) is 0 Å². The topological polar surface area (TPSA) is 106 Å². The molecule has 0 rings (SSSR count). The Morgan fingerprint density at radius 1 is 1.41 bits per heavy atom. The second-order valence-corrected chi connectivity index (χ2v) is 5.79. The van der Waals surface area contributed by atoms with Crippen LogP contribution in [0.3, 0.4) is 0 Å². The molecule has 0 aromatic carbocycles. The molecule has 0 fully saturated rings. The molecule has 0 aliphatic rings. The zero-order valence-corrected chi connectivity index (χ0v) is 11.1. The van der Waals surface area contributed by atoms with E-state index in [2.05, 4.69) is 15.8 Å². The molecule has 0 aromatic heterocycles. The normalized spacial score (nSPS) is 12.9. The lowest BCUT2D eigenvalue weighted by molar-refractivity contribution is -0.438. The van der Waals surface area contributed by atoms with Crippen LogP contribution < -0.4 is 16.2 Å². The van der Waals surface area contributed by atoms with E-state index >= 15 is 0 Å². The molecule has 0 saturated carbocycles. The van der Waals surface area contributed by atoms with Crippen molar-refractivity contribution in [3.05, 3.63) is 0 Å². The lowest BCUT2D eigenvalue weighted by Crippen LogP contribution is -2.68. The Hall–Kier alpha value is -0.430. The summed E-state index contributed by atoms with van der Waals surface area (Å²) in [5.41, 5.74) is 3.36. The number of hydrogen-bond donors (Lipinski definition) is 2. The molecule has 17 heavy (non-hydrogen) atoms. The molecule has 100 valence electrons. The summed E-state index contributed by atoms with van der Waals surface area (Å²) in [5, 5.41) is 12.7. The Labute approximate surface area is 113 Å². The molecule has 0 unspecified atom stereocenters. The van der Waals surface area contributed by atoms with E-state index < -0.39 is 21.9 Å². The zero-order valence-electron chi connectivity index (χ0n) is 8.88. The minimum atomic E-state index is -1.65. The minimum absolute atomic E-state index is 0.248. The van der Waals surface area contributed by atoms with Gasteiger partial charge in [-0.15, -0.1) is 0 Å². The molecule has 0 aromatic rings. The molecule has 1 atom stereocenters. The molecule has 4 N–H and O–H groups in total. The van der Waals surface area contributed by atoms with Crippen molar-refractivity contribution in [2.45, 2.75) is 22.7 Å². The van der Waals surface area contributed by atoms with Gasteiger partial charge in [0.15, 0.2) is 0 Å². The lowest BCUT2D eigenvalue weighted by Gasteiger charge is -2.12. The summed E-state index contributed by atoms with van der Waals surface area (Å²) in [4.78, 5) is 21.3. The first-order chi connectivity index (χ1) is 7.72. The Balaban J connectivity index is 3.56. The van der Waals surface area contributed by atoms with E-state index in [1.165, 1.54) is 0 Å². The van der Waals surface area contributed by atoms with Crippen molar-refractivity contribution in [2.75, 3.05) is 13.2 Å². The van der Waals surface area contributed by atoms with Gasteiger partial charge >= 0.3 is 6.09 Å². The number of halogens is 3. The molecule has 0 radical (unpaired) electrons. The van der Waals surface area contributed by atoms with Crippen LogP contribution in [0, 0.1) is 0 Å². The van der Waals surface area contributed by atoms with E-state index in [0.717, 1.165) is 0 Å². The van der Waals surface area contributed by atoms with Gasteiger partial charge in [-0.1, -0.05) is 34.8 Å². The van der Waals surface area contributed by atoms with Crippen molar-refractivity contribution in [1.82, 2.24) is 5.32 Å². The number of nitrogens with one attached hydrogen (secondary N) is 1. The van der Waals surface area contributed by atoms with E-state index in [-0.39, 0.29) is 13.2 Å². The second-order valence-electron chi connectivity index (χ2n) is 3.28. The summed E-state index contributed by atoms with van der Waals surface area (Å²) in [5.74, 6) is -1.22. The molecule has 0 saturated heterocycles.